The van der Waals surface area contributed by atoms with Crippen LogP contribution < -0.4 is 15.8 Å². The summed E-state index contributed by atoms with van der Waals surface area (Å²) in [6, 6.07) is 17.5. The molecule has 0 saturated carbocycles. The lowest BCUT2D eigenvalue weighted by atomic mass is 10.1. The Morgan fingerprint density at radius 1 is 1.00 bits per heavy atom. The lowest BCUT2D eigenvalue weighted by Gasteiger charge is -2.09. The Bertz CT molecular complexity index is 659. The maximum atomic E-state index is 11.4. The van der Waals surface area contributed by atoms with Gasteiger partial charge in [-0.15, -0.1) is 0 Å². The van der Waals surface area contributed by atoms with Crippen molar-refractivity contribution in [1.29, 1.82) is 0 Å². The summed E-state index contributed by atoms with van der Waals surface area (Å²) in [5, 5.41) is 4.73. The van der Waals surface area contributed by atoms with Crippen LogP contribution in [0.2, 0.25) is 0 Å². The largest absolute Gasteiger partial charge is 0.325 e. The SMILES string of the molecule is C=c1cccc/c1=C(/NC(C)=O)c1ccccc1. The zero-order valence-corrected chi connectivity index (χ0v) is 10.3. The zero-order valence-electron chi connectivity index (χ0n) is 10.3. The molecule has 0 aliphatic carbocycles. The van der Waals surface area contributed by atoms with Gasteiger partial charge in [-0.1, -0.05) is 61.2 Å². The molecule has 0 spiro atoms. The highest BCUT2D eigenvalue weighted by Crippen LogP contribution is 2.06. The van der Waals surface area contributed by atoms with E-state index in [1.807, 2.05) is 54.6 Å². The van der Waals surface area contributed by atoms with Gasteiger partial charge in [0.05, 0.1) is 5.70 Å². The fraction of sp³-hybridized carbons (Fsp3) is 0.0625. The predicted molar refractivity (Wildman–Crippen MR) is 74.0 cm³/mol. The maximum absolute atomic E-state index is 11.4. The molecule has 2 nitrogen and oxygen atoms in total. The van der Waals surface area contributed by atoms with E-state index in [1.165, 1.54) is 6.92 Å². The van der Waals surface area contributed by atoms with E-state index in [2.05, 4.69) is 11.9 Å². The number of hydrogen-bond donors (Lipinski definition) is 1. The van der Waals surface area contributed by atoms with Crippen LogP contribution in [0, 0.1) is 0 Å². The Hall–Kier alpha value is -2.35. The molecule has 0 saturated heterocycles. The lowest BCUT2D eigenvalue weighted by molar-refractivity contribution is -0.117. The van der Waals surface area contributed by atoms with E-state index in [9.17, 15) is 4.79 Å². The van der Waals surface area contributed by atoms with Gasteiger partial charge in [-0.3, -0.25) is 4.79 Å². The minimum Gasteiger partial charge on any atom is -0.325 e. The van der Waals surface area contributed by atoms with E-state index in [4.69, 9.17) is 0 Å². The summed E-state index contributed by atoms with van der Waals surface area (Å²) in [5.41, 5.74) is 1.78. The molecule has 0 bridgehead atoms. The summed E-state index contributed by atoms with van der Waals surface area (Å²) in [6.45, 7) is 5.51. The van der Waals surface area contributed by atoms with Crippen LogP contribution in [-0.4, -0.2) is 5.91 Å². The molecular formula is C16H15NO. The van der Waals surface area contributed by atoms with Crippen LogP contribution in [0.4, 0.5) is 0 Å². The number of amides is 1. The third-order valence-electron chi connectivity index (χ3n) is 2.65. The molecule has 0 radical (unpaired) electrons. The molecule has 0 unspecified atom stereocenters. The van der Waals surface area contributed by atoms with Crippen LogP contribution in [-0.2, 0) is 4.79 Å². The van der Waals surface area contributed by atoms with Crippen LogP contribution in [0.1, 0.15) is 12.5 Å². The maximum Gasteiger partial charge on any atom is 0.221 e. The van der Waals surface area contributed by atoms with E-state index in [-0.39, 0.29) is 5.91 Å². The number of nitrogens with one attached hydrogen (secondary N) is 1. The molecule has 18 heavy (non-hydrogen) atoms. The van der Waals surface area contributed by atoms with Crippen LogP contribution in [0.5, 0.6) is 0 Å². The van der Waals surface area contributed by atoms with Crippen LogP contribution in [0.25, 0.3) is 12.3 Å². The molecule has 1 amide bonds. The van der Waals surface area contributed by atoms with Crippen molar-refractivity contribution in [3.63, 3.8) is 0 Å². The number of carbonyl (C=O) groups excluding carboxylic acids is 1. The molecule has 2 aromatic rings. The van der Waals surface area contributed by atoms with Crippen LogP contribution in [0.15, 0.2) is 54.6 Å². The molecule has 0 aromatic heterocycles. The van der Waals surface area contributed by atoms with Gasteiger partial charge in [0.1, 0.15) is 0 Å². The van der Waals surface area contributed by atoms with Crippen molar-refractivity contribution in [2.75, 3.05) is 0 Å². The molecule has 90 valence electrons. The van der Waals surface area contributed by atoms with Crippen molar-refractivity contribution in [3.8, 4) is 0 Å². The predicted octanol–water partition coefficient (Wildman–Crippen LogP) is 1.39. The molecule has 0 aliphatic rings. The van der Waals surface area contributed by atoms with Crippen molar-refractivity contribution >= 4 is 18.2 Å². The first-order chi connectivity index (χ1) is 8.68. The van der Waals surface area contributed by atoms with E-state index in [0.29, 0.717) is 0 Å². The van der Waals surface area contributed by atoms with Crippen molar-refractivity contribution < 1.29 is 4.79 Å². The highest BCUT2D eigenvalue weighted by atomic mass is 16.1. The van der Waals surface area contributed by atoms with Gasteiger partial charge >= 0.3 is 0 Å². The van der Waals surface area contributed by atoms with Crippen LogP contribution in [0.3, 0.4) is 0 Å². The second kappa shape index (κ2) is 5.32. The second-order valence-electron chi connectivity index (χ2n) is 4.08. The number of rotatable bonds is 2. The Morgan fingerprint density at radius 3 is 2.22 bits per heavy atom. The quantitative estimate of drug-likeness (QED) is 0.840. The summed E-state index contributed by atoms with van der Waals surface area (Å²) in [5.74, 6) is -0.0860. The first-order valence-corrected chi connectivity index (χ1v) is 5.80. The normalized spacial score (nSPS) is 11.8. The van der Waals surface area contributed by atoms with Gasteiger partial charge in [0.15, 0.2) is 0 Å². The van der Waals surface area contributed by atoms with Gasteiger partial charge in [0.25, 0.3) is 0 Å². The molecular weight excluding hydrogens is 222 g/mol. The molecule has 2 heteroatoms. The van der Waals surface area contributed by atoms with Crippen molar-refractivity contribution in [2.45, 2.75) is 6.92 Å². The Kier molecular flexibility index (Phi) is 3.58. The highest BCUT2D eigenvalue weighted by molar-refractivity contribution is 5.84. The third kappa shape index (κ3) is 2.66. The van der Waals surface area contributed by atoms with Crippen molar-refractivity contribution in [2.24, 2.45) is 0 Å². The molecule has 0 aliphatic heterocycles. The average molecular weight is 237 g/mol. The fourth-order valence-electron chi connectivity index (χ4n) is 1.84. The van der Waals surface area contributed by atoms with Gasteiger partial charge < -0.3 is 5.32 Å². The summed E-state index contributed by atoms with van der Waals surface area (Å²) in [6.07, 6.45) is 0. The first-order valence-electron chi connectivity index (χ1n) is 5.80. The van der Waals surface area contributed by atoms with Gasteiger partial charge in [0.2, 0.25) is 5.91 Å². The summed E-state index contributed by atoms with van der Waals surface area (Å²) >= 11 is 0. The topological polar surface area (TPSA) is 29.1 Å². The number of hydrogen-bond acceptors (Lipinski definition) is 1. The molecule has 0 heterocycles. The van der Waals surface area contributed by atoms with Crippen molar-refractivity contribution in [1.82, 2.24) is 5.32 Å². The highest BCUT2D eigenvalue weighted by Gasteiger charge is 2.04. The van der Waals surface area contributed by atoms with Crippen molar-refractivity contribution in [3.05, 3.63) is 70.6 Å². The summed E-state index contributed by atoms with van der Waals surface area (Å²) in [4.78, 5) is 11.4. The summed E-state index contributed by atoms with van der Waals surface area (Å²) in [7, 11) is 0. The summed E-state index contributed by atoms with van der Waals surface area (Å²) < 4.78 is 0. The van der Waals surface area contributed by atoms with Gasteiger partial charge in [-0.2, -0.15) is 0 Å². The minimum absolute atomic E-state index is 0.0860. The lowest BCUT2D eigenvalue weighted by Crippen LogP contribution is -2.33. The third-order valence-corrected chi connectivity index (χ3v) is 2.65. The fourth-order valence-corrected chi connectivity index (χ4v) is 1.84. The Labute approximate surface area is 106 Å². The molecule has 0 atom stereocenters. The first kappa shape index (κ1) is 12.1. The van der Waals surface area contributed by atoms with Gasteiger partial charge in [0, 0.05) is 12.1 Å². The van der Waals surface area contributed by atoms with Crippen LogP contribution >= 0.6 is 0 Å². The van der Waals surface area contributed by atoms with E-state index >= 15 is 0 Å². The molecule has 2 aromatic carbocycles. The standard InChI is InChI=1S/C16H15NO/c1-12-8-6-7-11-15(12)16(17-13(2)18)14-9-4-3-5-10-14/h3-11H,1H2,2H3,(H,17,18)/b16-15-. The molecule has 1 N–H and O–H groups in total. The smallest absolute Gasteiger partial charge is 0.221 e. The Balaban J connectivity index is 2.72. The van der Waals surface area contributed by atoms with E-state index < -0.39 is 0 Å². The van der Waals surface area contributed by atoms with E-state index in [1.54, 1.807) is 0 Å². The minimum atomic E-state index is -0.0860. The monoisotopic (exact) mass is 237 g/mol. The zero-order chi connectivity index (χ0) is 13.0. The van der Waals surface area contributed by atoms with Gasteiger partial charge in [-0.05, 0) is 10.8 Å². The molecule has 2 rings (SSSR count). The van der Waals surface area contributed by atoms with E-state index in [0.717, 1.165) is 21.7 Å². The second-order valence-corrected chi connectivity index (χ2v) is 4.08. The average Bonchev–Trinajstić information content (AvgIpc) is 2.38. The molecule has 0 fully saturated rings. The van der Waals surface area contributed by atoms with Gasteiger partial charge in [-0.25, -0.2) is 0 Å². The number of benzene rings is 2. The Morgan fingerprint density at radius 2 is 1.61 bits per heavy atom. The number of carbonyl (C=O) groups is 1.